The van der Waals surface area contributed by atoms with E-state index in [1.165, 1.54) is 39.3 Å². The van der Waals surface area contributed by atoms with Crippen molar-refractivity contribution in [2.45, 2.75) is 30.7 Å². The van der Waals surface area contributed by atoms with Crippen LogP contribution in [0.5, 0.6) is 0 Å². The quantitative estimate of drug-likeness (QED) is 0.446. The van der Waals surface area contributed by atoms with Crippen LogP contribution in [0.3, 0.4) is 0 Å². The summed E-state index contributed by atoms with van der Waals surface area (Å²) in [4.78, 5) is 12.7. The maximum Gasteiger partial charge on any atom is 0.258 e. The smallest absolute Gasteiger partial charge is 0.258 e. The Hall–Kier alpha value is -2.17. The summed E-state index contributed by atoms with van der Waals surface area (Å²) in [5, 5.41) is 6.99. The van der Waals surface area contributed by atoms with Crippen molar-refractivity contribution in [3.05, 3.63) is 74.6 Å². The van der Waals surface area contributed by atoms with Gasteiger partial charge in [-0.3, -0.25) is 9.48 Å². The number of piperidine rings is 1. The fraction of sp³-hybridized carbons (Fsp3) is 0.273. The number of anilines is 1. The second-order valence-electron chi connectivity index (χ2n) is 7.78. The zero-order chi connectivity index (χ0) is 24.5. The molecule has 1 fully saturated rings. The van der Waals surface area contributed by atoms with Gasteiger partial charge in [-0.05, 0) is 37.1 Å². The molecule has 1 aliphatic rings. The highest BCUT2D eigenvalue weighted by molar-refractivity contribution is 7.89. The molecule has 2 heterocycles. The zero-order valence-corrected chi connectivity index (χ0v) is 20.9. The number of halogens is 4. The topological polar surface area (TPSA) is 84.3 Å². The van der Waals surface area contributed by atoms with Crippen molar-refractivity contribution in [1.82, 2.24) is 14.1 Å². The standard InChI is InChI=1S/C22H20Cl3FN4O3S/c23-16-5-4-6-19(26)15(16)13-29-10-7-21(28-29)27-22(31)14-11-20(18(25)12-17(14)24)34(32,33)30-8-2-1-3-9-30/h4-7,10-12H,1-3,8-9,13H2,(H,27,28,31). The molecular formula is C22H20Cl3FN4O3S. The number of aromatic nitrogens is 2. The van der Waals surface area contributed by atoms with E-state index in [2.05, 4.69) is 10.4 Å². The van der Waals surface area contributed by atoms with Crippen LogP contribution in [0.4, 0.5) is 10.2 Å². The van der Waals surface area contributed by atoms with Crippen molar-refractivity contribution >= 4 is 56.6 Å². The SMILES string of the molecule is O=C(Nc1ccn(Cc2c(F)cccc2Cl)n1)c1cc(S(=O)(=O)N2CCCCC2)c(Cl)cc1Cl. The van der Waals surface area contributed by atoms with Gasteiger partial charge >= 0.3 is 0 Å². The highest BCUT2D eigenvalue weighted by atomic mass is 35.5. The van der Waals surface area contributed by atoms with Gasteiger partial charge in [-0.25, -0.2) is 12.8 Å². The van der Waals surface area contributed by atoms with Crippen molar-refractivity contribution < 1.29 is 17.6 Å². The molecular weight excluding hydrogens is 526 g/mol. The molecule has 180 valence electrons. The van der Waals surface area contributed by atoms with Gasteiger partial charge in [0.25, 0.3) is 5.91 Å². The zero-order valence-electron chi connectivity index (χ0n) is 17.8. The molecule has 2 aromatic carbocycles. The number of hydrogen-bond donors (Lipinski definition) is 1. The molecule has 1 aliphatic heterocycles. The van der Waals surface area contributed by atoms with Crippen LogP contribution in [0, 0.1) is 5.82 Å². The molecule has 34 heavy (non-hydrogen) atoms. The number of amides is 1. The highest BCUT2D eigenvalue weighted by Gasteiger charge is 2.30. The van der Waals surface area contributed by atoms with Crippen molar-refractivity contribution in [3.8, 4) is 0 Å². The maximum absolute atomic E-state index is 14.0. The summed E-state index contributed by atoms with van der Waals surface area (Å²) in [6.45, 7) is 0.847. The summed E-state index contributed by atoms with van der Waals surface area (Å²) >= 11 is 18.5. The Morgan fingerprint density at radius 1 is 1.03 bits per heavy atom. The third-order valence-corrected chi connectivity index (χ3v) is 8.49. The molecule has 0 aliphatic carbocycles. The molecule has 1 saturated heterocycles. The van der Waals surface area contributed by atoms with E-state index in [1.54, 1.807) is 12.3 Å². The molecule has 0 unspecified atom stereocenters. The average molecular weight is 546 g/mol. The van der Waals surface area contributed by atoms with E-state index in [0.29, 0.717) is 13.1 Å². The van der Waals surface area contributed by atoms with Crippen molar-refractivity contribution in [1.29, 1.82) is 0 Å². The first-order valence-electron chi connectivity index (χ1n) is 10.4. The van der Waals surface area contributed by atoms with Crippen LogP contribution in [0.15, 0.2) is 47.5 Å². The minimum atomic E-state index is -3.88. The molecule has 7 nitrogen and oxygen atoms in total. The Bertz CT molecular complexity index is 1320. The first kappa shape index (κ1) is 24.9. The summed E-state index contributed by atoms with van der Waals surface area (Å²) in [5.41, 5.74) is 0.201. The Labute approximate surface area is 211 Å². The molecule has 1 N–H and O–H groups in total. The highest BCUT2D eigenvalue weighted by Crippen LogP contribution is 2.32. The molecule has 3 aromatic rings. The van der Waals surface area contributed by atoms with E-state index in [1.807, 2.05) is 0 Å². The van der Waals surface area contributed by atoms with Gasteiger partial charge in [0.05, 0.1) is 22.2 Å². The second-order valence-corrected chi connectivity index (χ2v) is 10.9. The van der Waals surface area contributed by atoms with E-state index in [-0.39, 0.29) is 43.5 Å². The number of rotatable bonds is 6. The Morgan fingerprint density at radius 2 is 1.76 bits per heavy atom. The first-order valence-corrected chi connectivity index (χ1v) is 13.0. The molecule has 1 aromatic heterocycles. The fourth-order valence-electron chi connectivity index (χ4n) is 3.69. The molecule has 0 atom stereocenters. The Morgan fingerprint density at radius 3 is 2.47 bits per heavy atom. The fourth-order valence-corrected chi connectivity index (χ4v) is 6.26. The lowest BCUT2D eigenvalue weighted by Crippen LogP contribution is -2.35. The number of nitrogens with zero attached hydrogens (tertiary/aromatic N) is 3. The third-order valence-electron chi connectivity index (χ3n) is 5.46. The van der Waals surface area contributed by atoms with E-state index < -0.39 is 21.7 Å². The lowest BCUT2D eigenvalue weighted by molar-refractivity contribution is 0.102. The predicted octanol–water partition coefficient (Wildman–Crippen LogP) is 5.46. The van der Waals surface area contributed by atoms with E-state index in [0.717, 1.165) is 19.3 Å². The average Bonchev–Trinajstić information content (AvgIpc) is 3.23. The van der Waals surface area contributed by atoms with Crippen molar-refractivity contribution in [2.24, 2.45) is 0 Å². The van der Waals surface area contributed by atoms with Crippen LogP contribution in [-0.4, -0.2) is 41.5 Å². The van der Waals surface area contributed by atoms with Crippen LogP contribution in [0.25, 0.3) is 0 Å². The largest absolute Gasteiger partial charge is 0.305 e. The van der Waals surface area contributed by atoms with Gasteiger partial charge < -0.3 is 5.32 Å². The van der Waals surface area contributed by atoms with Gasteiger partial charge in [0, 0.05) is 35.9 Å². The van der Waals surface area contributed by atoms with Crippen LogP contribution in [0.2, 0.25) is 15.1 Å². The minimum absolute atomic E-state index is 0.00216. The van der Waals surface area contributed by atoms with Gasteiger partial charge in [-0.1, -0.05) is 47.3 Å². The monoisotopic (exact) mass is 544 g/mol. The number of carbonyl (C=O) groups excluding carboxylic acids is 1. The van der Waals surface area contributed by atoms with Crippen LogP contribution in [0.1, 0.15) is 35.2 Å². The van der Waals surface area contributed by atoms with Gasteiger partial charge in [0.1, 0.15) is 10.7 Å². The van der Waals surface area contributed by atoms with Crippen LogP contribution < -0.4 is 5.32 Å². The van der Waals surface area contributed by atoms with Gasteiger partial charge in [-0.15, -0.1) is 0 Å². The summed E-state index contributed by atoms with van der Waals surface area (Å²) in [5.74, 6) is -0.959. The van der Waals surface area contributed by atoms with Gasteiger partial charge in [0.15, 0.2) is 5.82 Å². The molecule has 0 saturated carbocycles. The van der Waals surface area contributed by atoms with Gasteiger partial charge in [-0.2, -0.15) is 9.40 Å². The van der Waals surface area contributed by atoms with Gasteiger partial charge in [0.2, 0.25) is 10.0 Å². The normalized spacial score (nSPS) is 14.8. The number of carbonyl (C=O) groups is 1. The van der Waals surface area contributed by atoms with Crippen molar-refractivity contribution in [3.63, 3.8) is 0 Å². The first-order chi connectivity index (χ1) is 16.2. The molecule has 4 rings (SSSR count). The molecule has 0 spiro atoms. The summed E-state index contributed by atoms with van der Waals surface area (Å²) in [6, 6.07) is 8.32. The van der Waals surface area contributed by atoms with E-state index in [4.69, 9.17) is 34.8 Å². The number of sulfonamides is 1. The summed E-state index contributed by atoms with van der Waals surface area (Å²) < 4.78 is 43.0. The Kier molecular flexibility index (Phi) is 7.49. The Balaban J connectivity index is 1.55. The second kappa shape index (κ2) is 10.2. The molecule has 1 amide bonds. The predicted molar refractivity (Wildman–Crippen MR) is 130 cm³/mol. The number of nitrogens with one attached hydrogen (secondary N) is 1. The van der Waals surface area contributed by atoms with Crippen molar-refractivity contribution in [2.75, 3.05) is 18.4 Å². The van der Waals surface area contributed by atoms with Crippen LogP contribution >= 0.6 is 34.8 Å². The lowest BCUT2D eigenvalue weighted by Gasteiger charge is -2.26. The number of benzene rings is 2. The van der Waals surface area contributed by atoms with Crippen LogP contribution in [-0.2, 0) is 16.6 Å². The maximum atomic E-state index is 14.0. The lowest BCUT2D eigenvalue weighted by atomic mass is 10.2. The third kappa shape index (κ3) is 5.23. The summed E-state index contributed by atoms with van der Waals surface area (Å²) in [6.07, 6.45) is 4.04. The summed E-state index contributed by atoms with van der Waals surface area (Å²) in [7, 11) is -3.88. The molecule has 0 radical (unpaired) electrons. The van der Waals surface area contributed by atoms with E-state index >= 15 is 0 Å². The molecule has 12 heteroatoms. The molecule has 0 bridgehead atoms. The number of hydrogen-bond acceptors (Lipinski definition) is 4. The minimum Gasteiger partial charge on any atom is -0.305 e. The van der Waals surface area contributed by atoms with E-state index in [9.17, 15) is 17.6 Å².